The zero-order chi connectivity index (χ0) is 19.7. The Bertz CT molecular complexity index is 1740. The summed E-state index contributed by atoms with van der Waals surface area (Å²) in [6.07, 6.45) is 0. The molecule has 3 nitrogen and oxygen atoms in total. The average molecular weight is 383 g/mol. The maximum atomic E-state index is 5.23. The van der Waals surface area contributed by atoms with Crippen LogP contribution in [0, 0.1) is 0 Å². The molecular weight excluding hydrogens is 366 g/mol. The van der Waals surface area contributed by atoms with Crippen molar-refractivity contribution < 1.29 is 0 Å². The molecular formula is C27H17N3. The van der Waals surface area contributed by atoms with E-state index >= 15 is 0 Å². The van der Waals surface area contributed by atoms with E-state index in [4.69, 9.17) is 4.98 Å². The fraction of sp³-hybridized carbons (Fsp3) is 0. The molecule has 30 heavy (non-hydrogen) atoms. The number of para-hydroxylation sites is 3. The summed E-state index contributed by atoms with van der Waals surface area (Å²) in [6, 6.07) is 36.3. The second kappa shape index (κ2) is 5.71. The molecule has 0 unspecified atom stereocenters. The van der Waals surface area contributed by atoms with Gasteiger partial charge in [-0.1, -0.05) is 78.9 Å². The van der Waals surface area contributed by atoms with Crippen LogP contribution in [0.4, 0.5) is 0 Å². The zero-order valence-corrected chi connectivity index (χ0v) is 16.2. The van der Waals surface area contributed by atoms with Crippen LogP contribution in [0.1, 0.15) is 0 Å². The van der Waals surface area contributed by atoms with Crippen molar-refractivity contribution >= 4 is 49.4 Å². The van der Waals surface area contributed by atoms with Gasteiger partial charge >= 0.3 is 0 Å². The summed E-state index contributed by atoms with van der Waals surface area (Å²) in [5, 5.41) is 4.88. The number of pyridine rings is 1. The van der Waals surface area contributed by atoms with Gasteiger partial charge in [0, 0.05) is 21.8 Å². The third-order valence-electron chi connectivity index (χ3n) is 6.09. The summed E-state index contributed by atoms with van der Waals surface area (Å²) < 4.78 is 4.62. The van der Waals surface area contributed by atoms with Crippen molar-refractivity contribution in [3.05, 3.63) is 103 Å². The second-order valence-corrected chi connectivity index (χ2v) is 7.69. The lowest BCUT2D eigenvalue weighted by molar-refractivity contribution is 1.15. The molecule has 0 amide bonds. The first-order chi connectivity index (χ1) is 14.9. The van der Waals surface area contributed by atoms with Crippen molar-refractivity contribution in [1.82, 2.24) is 14.0 Å². The van der Waals surface area contributed by atoms with E-state index in [1.807, 2.05) is 0 Å². The average Bonchev–Trinajstić information content (AvgIpc) is 3.35. The molecule has 7 rings (SSSR count). The van der Waals surface area contributed by atoms with E-state index in [9.17, 15) is 0 Å². The van der Waals surface area contributed by atoms with Crippen LogP contribution in [0.2, 0.25) is 0 Å². The maximum absolute atomic E-state index is 5.23. The first-order valence-electron chi connectivity index (χ1n) is 10.2. The van der Waals surface area contributed by atoms with E-state index in [1.165, 1.54) is 32.6 Å². The van der Waals surface area contributed by atoms with Gasteiger partial charge in [-0.25, -0.2) is 4.98 Å². The van der Waals surface area contributed by atoms with Crippen LogP contribution in [0.3, 0.4) is 0 Å². The molecule has 3 heteroatoms. The normalized spacial score (nSPS) is 12.0. The Hall–Kier alpha value is -4.11. The minimum atomic E-state index is 0.990. The van der Waals surface area contributed by atoms with E-state index in [2.05, 4.69) is 112 Å². The number of fused-ring (bicyclic) bond motifs is 10. The molecule has 0 saturated carbocycles. The third kappa shape index (κ3) is 1.91. The van der Waals surface area contributed by atoms with Crippen molar-refractivity contribution in [2.24, 2.45) is 0 Å². The van der Waals surface area contributed by atoms with Gasteiger partial charge in [0.2, 0.25) is 0 Å². The van der Waals surface area contributed by atoms with Crippen LogP contribution in [0.15, 0.2) is 103 Å². The molecule has 0 fully saturated rings. The fourth-order valence-electron chi connectivity index (χ4n) is 4.85. The molecule has 0 radical (unpaired) electrons. The summed E-state index contributed by atoms with van der Waals surface area (Å²) in [5.74, 6) is 0. The fourth-order valence-corrected chi connectivity index (χ4v) is 4.85. The van der Waals surface area contributed by atoms with Crippen LogP contribution in [0.25, 0.3) is 55.1 Å². The van der Waals surface area contributed by atoms with E-state index in [0.29, 0.717) is 0 Å². The summed E-state index contributed by atoms with van der Waals surface area (Å²) in [5.41, 5.74) is 6.64. The Morgan fingerprint density at radius 1 is 0.467 bits per heavy atom. The number of hydrogen-bond donors (Lipinski definition) is 0. The largest absolute Gasteiger partial charge is 0.293 e. The van der Waals surface area contributed by atoms with Crippen LogP contribution < -0.4 is 0 Å². The van der Waals surface area contributed by atoms with E-state index in [1.54, 1.807) is 0 Å². The van der Waals surface area contributed by atoms with E-state index < -0.39 is 0 Å². The van der Waals surface area contributed by atoms with Gasteiger partial charge in [-0.15, -0.1) is 0 Å². The molecule has 7 aromatic rings. The lowest BCUT2D eigenvalue weighted by Gasteiger charge is -2.09. The van der Waals surface area contributed by atoms with Crippen LogP contribution in [0.5, 0.6) is 0 Å². The highest BCUT2D eigenvalue weighted by Crippen LogP contribution is 2.37. The first-order valence-corrected chi connectivity index (χ1v) is 10.2. The van der Waals surface area contributed by atoms with Gasteiger partial charge in [0.05, 0.1) is 11.0 Å². The van der Waals surface area contributed by atoms with Gasteiger partial charge in [0.1, 0.15) is 11.2 Å². The standard InChI is InChI=1S/C27H17N3/c1-2-10-18(11-3-1)29-24-17-9-7-15-22(24)25-27(29)28-26-21-14-5-4-12-19(21)20-13-6-8-16-23(20)30(25)26/h1-17H. The smallest absolute Gasteiger partial charge is 0.165 e. The molecule has 0 aliphatic rings. The summed E-state index contributed by atoms with van der Waals surface area (Å²) >= 11 is 0. The SMILES string of the molecule is c1ccc(-n2c3ccccc3c3c2nc2c4ccccc4c4ccccc4n23)cc1. The molecule has 3 aromatic heterocycles. The summed E-state index contributed by atoms with van der Waals surface area (Å²) in [7, 11) is 0. The van der Waals surface area contributed by atoms with Crippen molar-refractivity contribution in [1.29, 1.82) is 0 Å². The van der Waals surface area contributed by atoms with Gasteiger partial charge < -0.3 is 0 Å². The highest BCUT2D eigenvalue weighted by Gasteiger charge is 2.20. The number of aromatic nitrogens is 3. The van der Waals surface area contributed by atoms with E-state index in [0.717, 1.165) is 22.5 Å². The van der Waals surface area contributed by atoms with Gasteiger partial charge in [-0.05, 0) is 29.7 Å². The third-order valence-corrected chi connectivity index (χ3v) is 6.09. The van der Waals surface area contributed by atoms with Gasteiger partial charge in [-0.2, -0.15) is 0 Å². The van der Waals surface area contributed by atoms with E-state index in [-0.39, 0.29) is 0 Å². The number of benzene rings is 4. The summed E-state index contributed by atoms with van der Waals surface area (Å²) in [6.45, 7) is 0. The number of rotatable bonds is 1. The molecule has 0 bridgehead atoms. The predicted octanol–water partition coefficient (Wildman–Crippen LogP) is 6.74. The van der Waals surface area contributed by atoms with Gasteiger partial charge in [-0.3, -0.25) is 8.97 Å². The Labute approximate surface area is 172 Å². The second-order valence-electron chi connectivity index (χ2n) is 7.69. The Balaban J connectivity index is 1.83. The molecule has 140 valence electrons. The Morgan fingerprint density at radius 2 is 1.07 bits per heavy atom. The van der Waals surface area contributed by atoms with Crippen LogP contribution in [-0.2, 0) is 0 Å². The highest BCUT2D eigenvalue weighted by atomic mass is 15.1. The molecule has 0 saturated heterocycles. The minimum absolute atomic E-state index is 0.990. The number of imidazole rings is 1. The highest BCUT2D eigenvalue weighted by molar-refractivity contribution is 6.17. The predicted molar refractivity (Wildman–Crippen MR) is 125 cm³/mol. The minimum Gasteiger partial charge on any atom is -0.293 e. The monoisotopic (exact) mass is 383 g/mol. The Morgan fingerprint density at radius 3 is 1.87 bits per heavy atom. The number of hydrogen-bond acceptors (Lipinski definition) is 1. The zero-order valence-electron chi connectivity index (χ0n) is 16.2. The first kappa shape index (κ1) is 15.8. The lowest BCUT2D eigenvalue weighted by Crippen LogP contribution is -1.94. The number of nitrogens with zero attached hydrogens (tertiary/aromatic N) is 3. The molecule has 4 aromatic carbocycles. The van der Waals surface area contributed by atoms with Gasteiger partial charge in [0.15, 0.2) is 5.65 Å². The lowest BCUT2D eigenvalue weighted by atomic mass is 10.1. The molecule has 0 N–H and O–H groups in total. The Kier molecular flexibility index (Phi) is 3.00. The maximum Gasteiger partial charge on any atom is 0.165 e. The molecule has 0 spiro atoms. The van der Waals surface area contributed by atoms with Crippen LogP contribution >= 0.6 is 0 Å². The van der Waals surface area contributed by atoms with Crippen molar-refractivity contribution in [2.75, 3.05) is 0 Å². The molecule has 3 heterocycles. The topological polar surface area (TPSA) is 22.2 Å². The molecule has 0 aliphatic heterocycles. The molecule has 0 aliphatic carbocycles. The van der Waals surface area contributed by atoms with Gasteiger partial charge in [0.25, 0.3) is 0 Å². The van der Waals surface area contributed by atoms with Crippen molar-refractivity contribution in [3.63, 3.8) is 0 Å². The quantitative estimate of drug-likeness (QED) is 0.288. The van der Waals surface area contributed by atoms with Crippen molar-refractivity contribution in [2.45, 2.75) is 0 Å². The summed E-state index contributed by atoms with van der Waals surface area (Å²) in [4.78, 5) is 5.23. The molecule has 0 atom stereocenters. The van der Waals surface area contributed by atoms with Crippen molar-refractivity contribution in [3.8, 4) is 5.69 Å². The van der Waals surface area contributed by atoms with Crippen LogP contribution in [-0.4, -0.2) is 14.0 Å².